The molecular weight excluding hydrogens is 471 g/mol. The molecule has 0 saturated carbocycles. The molecule has 3 aromatic rings. The Kier molecular flexibility index (Phi) is 6.82. The highest BCUT2D eigenvalue weighted by molar-refractivity contribution is 6.32. The van der Waals surface area contributed by atoms with Gasteiger partial charge in [0.15, 0.2) is 5.67 Å². The predicted octanol–water partition coefficient (Wildman–Crippen LogP) is 2.09. The van der Waals surface area contributed by atoms with Crippen molar-refractivity contribution < 1.29 is 29.2 Å². The lowest BCUT2D eigenvalue weighted by Crippen LogP contribution is -2.40. The van der Waals surface area contributed by atoms with E-state index in [2.05, 4.69) is 15.4 Å². The third-order valence-corrected chi connectivity index (χ3v) is 5.58. The van der Waals surface area contributed by atoms with Crippen LogP contribution in [0, 0.1) is 0 Å². The molecular formula is C22H22ClFN4O6. The number of hydrogen-bond donors (Lipinski definition) is 4. The molecule has 0 aliphatic carbocycles. The van der Waals surface area contributed by atoms with Crippen LogP contribution in [0.1, 0.15) is 18.4 Å². The van der Waals surface area contributed by atoms with E-state index in [0.717, 1.165) is 4.68 Å². The normalized spacial score (nSPS) is 18.5. The van der Waals surface area contributed by atoms with Gasteiger partial charge in [0.05, 0.1) is 36.9 Å². The van der Waals surface area contributed by atoms with Crippen LogP contribution in [-0.4, -0.2) is 55.5 Å². The number of nitrogens with zero attached hydrogens (tertiary/aromatic N) is 3. The Morgan fingerprint density at radius 1 is 1.21 bits per heavy atom. The van der Waals surface area contributed by atoms with E-state index in [4.69, 9.17) is 36.4 Å². The number of aliphatic hydroxyl groups is 3. The zero-order chi connectivity index (χ0) is 24.3. The molecule has 0 bridgehead atoms. The van der Waals surface area contributed by atoms with E-state index in [1.807, 2.05) is 0 Å². The lowest BCUT2D eigenvalue weighted by Gasteiger charge is -2.29. The zero-order valence-electron chi connectivity index (χ0n) is 17.8. The number of nitrogens with one attached hydrogen (secondary N) is 1. The van der Waals surface area contributed by atoms with Crippen molar-refractivity contribution >= 4 is 17.3 Å². The summed E-state index contributed by atoms with van der Waals surface area (Å²) in [6.07, 6.45) is 3.68. The van der Waals surface area contributed by atoms with Gasteiger partial charge in [-0.1, -0.05) is 11.6 Å². The fourth-order valence-corrected chi connectivity index (χ4v) is 3.57. The maximum Gasteiger partial charge on any atom is 0.304 e. The zero-order valence-corrected chi connectivity index (χ0v) is 18.6. The Hall–Kier alpha value is -3.09. The van der Waals surface area contributed by atoms with Gasteiger partial charge in [-0.05, 0) is 43.2 Å². The highest BCUT2D eigenvalue weighted by atomic mass is 35.5. The van der Waals surface area contributed by atoms with E-state index in [1.54, 1.807) is 6.07 Å². The van der Waals surface area contributed by atoms with Crippen molar-refractivity contribution in [3.63, 3.8) is 0 Å². The third-order valence-electron chi connectivity index (χ3n) is 5.22. The minimum Gasteiger partial charge on any atom is -0.439 e. The minimum absolute atomic E-state index is 0.0164. The molecule has 1 unspecified atom stereocenters. The topological polar surface area (TPSA) is 139 Å². The van der Waals surface area contributed by atoms with Crippen LogP contribution in [0.2, 0.25) is 5.02 Å². The van der Waals surface area contributed by atoms with Crippen LogP contribution < -0.4 is 15.6 Å². The first-order valence-corrected chi connectivity index (χ1v) is 10.7. The molecule has 10 nitrogen and oxygen atoms in total. The summed E-state index contributed by atoms with van der Waals surface area (Å²) in [6, 6.07) is 8.43. The molecule has 3 heterocycles. The van der Waals surface area contributed by atoms with Crippen molar-refractivity contribution in [2.45, 2.75) is 24.5 Å². The Morgan fingerprint density at radius 2 is 1.97 bits per heavy atom. The molecule has 12 heteroatoms. The van der Waals surface area contributed by atoms with E-state index in [-0.39, 0.29) is 35.3 Å². The molecule has 0 radical (unpaired) electrons. The van der Waals surface area contributed by atoms with Crippen molar-refractivity contribution in [3.05, 3.63) is 69.7 Å². The smallest absolute Gasteiger partial charge is 0.304 e. The monoisotopic (exact) mass is 492 g/mol. The molecule has 1 atom stereocenters. The molecule has 0 amide bonds. The van der Waals surface area contributed by atoms with Gasteiger partial charge in [0.1, 0.15) is 10.8 Å². The van der Waals surface area contributed by atoms with Gasteiger partial charge in [-0.25, -0.2) is 9.37 Å². The maximum absolute atomic E-state index is 14.7. The van der Waals surface area contributed by atoms with Crippen LogP contribution in [-0.2, 0) is 10.7 Å². The lowest BCUT2D eigenvalue weighted by molar-refractivity contribution is -0.323. The number of ether oxygens (including phenoxy) is 2. The van der Waals surface area contributed by atoms with Crippen molar-refractivity contribution in [1.29, 1.82) is 0 Å². The number of aromatic nitrogens is 3. The Bertz CT molecular complexity index is 1190. The largest absolute Gasteiger partial charge is 0.439 e. The molecule has 1 aromatic carbocycles. The van der Waals surface area contributed by atoms with Crippen LogP contribution in [0.5, 0.6) is 11.6 Å². The van der Waals surface area contributed by atoms with E-state index in [9.17, 15) is 9.18 Å². The lowest BCUT2D eigenvalue weighted by atomic mass is 9.99. The first-order valence-electron chi connectivity index (χ1n) is 10.3. The quantitative estimate of drug-likeness (QED) is 0.365. The van der Waals surface area contributed by atoms with Gasteiger partial charge >= 0.3 is 5.97 Å². The molecule has 1 aliphatic rings. The highest BCUT2D eigenvalue weighted by Crippen LogP contribution is 2.26. The average Bonchev–Trinajstić information content (AvgIpc) is 2.81. The fraction of sp³-hybridized carbons (Fsp3) is 0.318. The van der Waals surface area contributed by atoms with Crippen LogP contribution in [0.25, 0.3) is 5.69 Å². The molecule has 180 valence electrons. The van der Waals surface area contributed by atoms with Crippen molar-refractivity contribution in [2.75, 3.05) is 25.1 Å². The second-order valence-corrected chi connectivity index (χ2v) is 8.24. The molecule has 34 heavy (non-hydrogen) atoms. The summed E-state index contributed by atoms with van der Waals surface area (Å²) in [4.78, 5) is 16.8. The average molecular weight is 493 g/mol. The fourth-order valence-electron chi connectivity index (χ4n) is 3.38. The summed E-state index contributed by atoms with van der Waals surface area (Å²) in [7, 11) is 0. The van der Waals surface area contributed by atoms with Gasteiger partial charge in [-0.3, -0.25) is 4.79 Å². The summed E-state index contributed by atoms with van der Waals surface area (Å²) in [6.45, 7) is 0.464. The van der Waals surface area contributed by atoms with E-state index in [1.165, 1.54) is 42.7 Å². The Balaban J connectivity index is 1.45. The second kappa shape index (κ2) is 9.65. The molecule has 4 N–H and O–H groups in total. The van der Waals surface area contributed by atoms with E-state index < -0.39 is 17.2 Å². The highest BCUT2D eigenvalue weighted by Gasteiger charge is 2.32. The van der Waals surface area contributed by atoms with Crippen LogP contribution >= 0.6 is 11.6 Å². The summed E-state index contributed by atoms with van der Waals surface area (Å²) in [5, 5.41) is 34.3. The first-order chi connectivity index (χ1) is 16.1. The molecule has 0 spiro atoms. The summed E-state index contributed by atoms with van der Waals surface area (Å²) >= 11 is 6.21. The molecule has 1 fully saturated rings. The number of anilines is 1. The standard InChI is InChI=1S/C22H22ClFN4O6/c23-19-17(26-12-21(24)8-1-9-33-13-21)11-27-28(20(19)29)15-4-7-18(25-10-15)34-16-5-2-14(3-6-16)22(30,31)32/h2-7,10-11,26,30-32H,1,8-9,12-13H2. The second-order valence-electron chi connectivity index (χ2n) is 7.87. The van der Waals surface area contributed by atoms with Gasteiger partial charge in [-0.15, -0.1) is 0 Å². The van der Waals surface area contributed by atoms with Crippen molar-refractivity contribution in [2.24, 2.45) is 0 Å². The number of hydrogen-bond acceptors (Lipinski definition) is 9. The Labute approximate surface area is 198 Å². The van der Waals surface area contributed by atoms with Crippen molar-refractivity contribution in [1.82, 2.24) is 14.8 Å². The molecule has 1 aliphatic heterocycles. The van der Waals surface area contributed by atoms with Gasteiger partial charge < -0.3 is 30.1 Å². The van der Waals surface area contributed by atoms with Gasteiger partial charge in [0.25, 0.3) is 5.56 Å². The number of halogens is 2. The Morgan fingerprint density at radius 3 is 2.59 bits per heavy atom. The maximum atomic E-state index is 14.7. The number of benzene rings is 1. The van der Waals surface area contributed by atoms with Crippen LogP contribution in [0.4, 0.5) is 10.1 Å². The van der Waals surface area contributed by atoms with Crippen LogP contribution in [0.3, 0.4) is 0 Å². The number of alkyl halides is 1. The molecule has 4 rings (SSSR count). The minimum atomic E-state index is -2.94. The number of rotatable bonds is 7. The van der Waals surface area contributed by atoms with E-state index >= 15 is 0 Å². The SMILES string of the molecule is O=c1c(Cl)c(NCC2(F)CCCOC2)cnn1-c1ccc(Oc2ccc(C(O)(O)O)cc2)nc1. The van der Waals surface area contributed by atoms with Crippen molar-refractivity contribution in [3.8, 4) is 17.3 Å². The van der Waals surface area contributed by atoms with Gasteiger partial charge in [0, 0.05) is 18.2 Å². The summed E-state index contributed by atoms with van der Waals surface area (Å²) in [5.74, 6) is -2.42. The van der Waals surface area contributed by atoms with Crippen LogP contribution in [0.15, 0.2) is 53.6 Å². The summed E-state index contributed by atoms with van der Waals surface area (Å²) < 4.78 is 26.5. The van der Waals surface area contributed by atoms with Gasteiger partial charge in [-0.2, -0.15) is 9.78 Å². The van der Waals surface area contributed by atoms with E-state index in [0.29, 0.717) is 30.9 Å². The predicted molar refractivity (Wildman–Crippen MR) is 120 cm³/mol. The summed E-state index contributed by atoms with van der Waals surface area (Å²) in [5.41, 5.74) is -1.72. The molecule has 1 saturated heterocycles. The first kappa shape index (κ1) is 24.0. The third kappa shape index (κ3) is 5.51. The number of pyridine rings is 1. The van der Waals surface area contributed by atoms with Gasteiger partial charge in [0.2, 0.25) is 5.88 Å². The molecule has 2 aromatic heterocycles.